The highest BCUT2D eigenvalue weighted by molar-refractivity contribution is 5.93. The fourth-order valence-corrected chi connectivity index (χ4v) is 2.33. The smallest absolute Gasteiger partial charge is 0.269 e. The van der Waals surface area contributed by atoms with Gasteiger partial charge in [-0.2, -0.15) is 0 Å². The number of carbonyl (C=O) groups is 1. The highest BCUT2D eigenvalue weighted by Crippen LogP contribution is 2.20. The monoisotopic (exact) mass is 341 g/mol. The molecular formula is C19H27N5O. The number of anilines is 3. The molecule has 6 nitrogen and oxygen atoms in total. The lowest BCUT2D eigenvalue weighted by atomic mass is 10.2. The molecule has 0 radical (unpaired) electrons. The number of hydrogen-bond donors (Lipinski definition) is 2. The van der Waals surface area contributed by atoms with Crippen molar-refractivity contribution < 1.29 is 4.79 Å². The molecule has 2 N–H and O–H groups in total. The van der Waals surface area contributed by atoms with Crippen LogP contribution >= 0.6 is 0 Å². The second-order valence-electron chi connectivity index (χ2n) is 6.41. The van der Waals surface area contributed by atoms with E-state index in [1.165, 1.54) is 0 Å². The molecule has 25 heavy (non-hydrogen) atoms. The molecule has 0 unspecified atom stereocenters. The summed E-state index contributed by atoms with van der Waals surface area (Å²) in [6.07, 6.45) is 2.56. The summed E-state index contributed by atoms with van der Waals surface area (Å²) in [4.78, 5) is 20.5. The maximum absolute atomic E-state index is 12.2. The van der Waals surface area contributed by atoms with E-state index in [2.05, 4.69) is 25.4 Å². The molecule has 0 aliphatic heterocycles. The van der Waals surface area contributed by atoms with Crippen molar-refractivity contribution in [2.24, 2.45) is 0 Å². The van der Waals surface area contributed by atoms with Crippen molar-refractivity contribution in [2.75, 3.05) is 51.5 Å². The van der Waals surface area contributed by atoms with Crippen LogP contribution in [0.3, 0.4) is 0 Å². The van der Waals surface area contributed by atoms with E-state index < -0.39 is 0 Å². The zero-order valence-corrected chi connectivity index (χ0v) is 15.4. The van der Waals surface area contributed by atoms with Gasteiger partial charge in [-0.05, 0) is 63.5 Å². The van der Waals surface area contributed by atoms with E-state index in [-0.39, 0.29) is 5.91 Å². The number of nitrogens with one attached hydrogen (secondary N) is 2. The Hall–Kier alpha value is -2.60. The van der Waals surface area contributed by atoms with Crippen LogP contribution in [0.25, 0.3) is 0 Å². The predicted molar refractivity (Wildman–Crippen MR) is 104 cm³/mol. The number of amides is 1. The Bertz CT molecular complexity index is 682. The molecule has 0 saturated carbocycles. The first-order chi connectivity index (χ1) is 12.0. The van der Waals surface area contributed by atoms with Crippen LogP contribution in [-0.2, 0) is 0 Å². The van der Waals surface area contributed by atoms with Gasteiger partial charge in [0.2, 0.25) is 0 Å². The zero-order chi connectivity index (χ0) is 18.2. The summed E-state index contributed by atoms with van der Waals surface area (Å²) in [5.41, 5.74) is 3.36. The van der Waals surface area contributed by atoms with Crippen molar-refractivity contribution in [3.63, 3.8) is 0 Å². The Morgan fingerprint density at radius 2 is 1.76 bits per heavy atom. The highest BCUT2D eigenvalue weighted by Gasteiger charge is 2.07. The lowest BCUT2D eigenvalue weighted by molar-refractivity contribution is 0.0947. The van der Waals surface area contributed by atoms with Gasteiger partial charge in [0.25, 0.3) is 5.91 Å². The second kappa shape index (κ2) is 9.03. The van der Waals surface area contributed by atoms with Gasteiger partial charge < -0.3 is 20.4 Å². The van der Waals surface area contributed by atoms with Gasteiger partial charge in [0.05, 0.1) is 0 Å². The summed E-state index contributed by atoms with van der Waals surface area (Å²) in [5.74, 6) is -0.148. The topological polar surface area (TPSA) is 60.5 Å². The normalized spacial score (nSPS) is 10.6. The number of nitrogens with zero attached hydrogens (tertiary/aromatic N) is 3. The Morgan fingerprint density at radius 1 is 1.04 bits per heavy atom. The van der Waals surface area contributed by atoms with E-state index in [9.17, 15) is 4.79 Å². The predicted octanol–water partition coefficient (Wildman–Crippen LogP) is 2.57. The maximum Gasteiger partial charge on any atom is 0.269 e. The first kappa shape index (κ1) is 18.7. The van der Waals surface area contributed by atoms with E-state index in [0.717, 1.165) is 30.0 Å². The number of hydrogen-bond acceptors (Lipinski definition) is 5. The lowest BCUT2D eigenvalue weighted by Gasteiger charge is -2.13. The average molecular weight is 341 g/mol. The Balaban J connectivity index is 1.94. The number of rotatable bonds is 8. The first-order valence-corrected chi connectivity index (χ1v) is 8.39. The molecule has 2 aromatic rings. The molecular weight excluding hydrogens is 314 g/mol. The molecule has 0 saturated heterocycles. The molecule has 6 heteroatoms. The van der Waals surface area contributed by atoms with E-state index in [1.54, 1.807) is 12.3 Å². The van der Waals surface area contributed by atoms with Gasteiger partial charge >= 0.3 is 0 Å². The van der Waals surface area contributed by atoms with E-state index in [0.29, 0.717) is 12.2 Å². The van der Waals surface area contributed by atoms with Crippen LogP contribution in [-0.4, -0.2) is 57.1 Å². The Kier molecular flexibility index (Phi) is 6.77. The SMILES string of the molecule is CN(C)CCCNC(=O)c1cc(Nc2ccc(N(C)C)cc2)ccn1. The van der Waals surface area contributed by atoms with Gasteiger partial charge in [0, 0.05) is 43.9 Å². The van der Waals surface area contributed by atoms with Crippen molar-refractivity contribution >= 4 is 23.0 Å². The summed E-state index contributed by atoms with van der Waals surface area (Å²) >= 11 is 0. The van der Waals surface area contributed by atoms with E-state index in [1.807, 2.05) is 58.5 Å². The molecule has 1 aromatic carbocycles. The number of carbonyl (C=O) groups excluding carboxylic acids is 1. The molecule has 0 bridgehead atoms. The summed E-state index contributed by atoms with van der Waals surface area (Å²) in [5, 5.41) is 6.21. The standard InChI is InChI=1S/C19H27N5O/c1-23(2)13-5-11-21-19(25)18-14-16(10-12-20-18)22-15-6-8-17(9-7-15)24(3)4/h6-10,12,14H,5,11,13H2,1-4H3,(H,20,22)(H,21,25). The van der Waals surface area contributed by atoms with Crippen LogP contribution in [0.2, 0.25) is 0 Å². The minimum absolute atomic E-state index is 0.148. The molecule has 1 aromatic heterocycles. The molecule has 0 fully saturated rings. The minimum atomic E-state index is -0.148. The largest absolute Gasteiger partial charge is 0.378 e. The second-order valence-corrected chi connectivity index (χ2v) is 6.41. The quantitative estimate of drug-likeness (QED) is 0.723. The third-order valence-corrected chi connectivity index (χ3v) is 3.73. The number of benzene rings is 1. The molecule has 0 aliphatic carbocycles. The van der Waals surface area contributed by atoms with Crippen LogP contribution in [0, 0.1) is 0 Å². The van der Waals surface area contributed by atoms with Crippen LogP contribution in [0.1, 0.15) is 16.9 Å². The fraction of sp³-hybridized carbons (Fsp3) is 0.368. The average Bonchev–Trinajstić information content (AvgIpc) is 2.59. The van der Waals surface area contributed by atoms with Crippen molar-refractivity contribution in [1.82, 2.24) is 15.2 Å². The molecule has 134 valence electrons. The highest BCUT2D eigenvalue weighted by atomic mass is 16.1. The van der Waals surface area contributed by atoms with Crippen molar-refractivity contribution in [1.29, 1.82) is 0 Å². The molecule has 0 atom stereocenters. The fourth-order valence-electron chi connectivity index (χ4n) is 2.33. The van der Waals surface area contributed by atoms with Crippen LogP contribution in [0.4, 0.5) is 17.1 Å². The van der Waals surface area contributed by atoms with E-state index in [4.69, 9.17) is 0 Å². The summed E-state index contributed by atoms with van der Waals surface area (Å²) in [6, 6.07) is 11.7. The Morgan fingerprint density at radius 3 is 2.40 bits per heavy atom. The van der Waals surface area contributed by atoms with Gasteiger partial charge in [-0.1, -0.05) is 0 Å². The maximum atomic E-state index is 12.2. The van der Waals surface area contributed by atoms with Crippen molar-refractivity contribution in [3.05, 3.63) is 48.3 Å². The summed E-state index contributed by atoms with van der Waals surface area (Å²) < 4.78 is 0. The third-order valence-electron chi connectivity index (χ3n) is 3.73. The van der Waals surface area contributed by atoms with Gasteiger partial charge in [0.1, 0.15) is 5.69 Å². The third kappa shape index (κ3) is 6.08. The van der Waals surface area contributed by atoms with Crippen molar-refractivity contribution in [2.45, 2.75) is 6.42 Å². The summed E-state index contributed by atoms with van der Waals surface area (Å²) in [7, 11) is 8.05. The molecule has 1 amide bonds. The van der Waals surface area contributed by atoms with Crippen LogP contribution < -0.4 is 15.5 Å². The zero-order valence-electron chi connectivity index (χ0n) is 15.4. The molecule has 1 heterocycles. The van der Waals surface area contributed by atoms with Crippen LogP contribution in [0.15, 0.2) is 42.6 Å². The van der Waals surface area contributed by atoms with Crippen molar-refractivity contribution in [3.8, 4) is 0 Å². The summed E-state index contributed by atoms with van der Waals surface area (Å²) in [6.45, 7) is 1.58. The van der Waals surface area contributed by atoms with Gasteiger partial charge in [0.15, 0.2) is 0 Å². The molecule has 0 spiro atoms. The van der Waals surface area contributed by atoms with Gasteiger partial charge in [-0.3, -0.25) is 9.78 Å². The Labute approximate surface area is 149 Å². The lowest BCUT2D eigenvalue weighted by Crippen LogP contribution is -2.27. The first-order valence-electron chi connectivity index (χ1n) is 8.39. The van der Waals surface area contributed by atoms with Gasteiger partial charge in [-0.25, -0.2) is 0 Å². The molecule has 2 rings (SSSR count). The number of pyridine rings is 1. The van der Waals surface area contributed by atoms with Gasteiger partial charge in [-0.15, -0.1) is 0 Å². The minimum Gasteiger partial charge on any atom is -0.378 e. The molecule has 0 aliphatic rings. The number of aromatic nitrogens is 1. The van der Waals surface area contributed by atoms with E-state index >= 15 is 0 Å². The van der Waals surface area contributed by atoms with Crippen LogP contribution in [0.5, 0.6) is 0 Å².